The lowest BCUT2D eigenvalue weighted by molar-refractivity contribution is 0.266. The second kappa shape index (κ2) is 4.95. The Morgan fingerprint density at radius 3 is 3.06 bits per heavy atom. The van der Waals surface area contributed by atoms with E-state index in [1.165, 1.54) is 5.56 Å². The van der Waals surface area contributed by atoms with Crippen molar-refractivity contribution in [1.82, 2.24) is 9.55 Å². The maximum absolute atomic E-state index is 9.22. The molecule has 0 saturated carbocycles. The van der Waals surface area contributed by atoms with Crippen LogP contribution < -0.4 is 0 Å². The van der Waals surface area contributed by atoms with E-state index in [1.54, 1.807) is 17.5 Å². The summed E-state index contributed by atoms with van der Waals surface area (Å²) in [6, 6.07) is 2.38. The summed E-state index contributed by atoms with van der Waals surface area (Å²) in [6.07, 6.45) is 2.70. The van der Waals surface area contributed by atoms with Gasteiger partial charge in [0, 0.05) is 12.2 Å². The molecule has 0 bridgehead atoms. The SMILES string of the molecule is CC(Cc1ccsc1)n1c(CO)c[nH]c1=S. The average Bonchev–Trinajstić information content (AvgIpc) is 2.87. The molecule has 0 fully saturated rings. The maximum Gasteiger partial charge on any atom is 0.177 e. The molecule has 0 saturated heterocycles. The fourth-order valence-corrected chi connectivity index (χ4v) is 2.90. The van der Waals surface area contributed by atoms with Crippen LogP contribution in [0.15, 0.2) is 23.0 Å². The molecule has 0 spiro atoms. The van der Waals surface area contributed by atoms with Crippen molar-refractivity contribution in [2.45, 2.75) is 26.0 Å². The first-order valence-corrected chi connectivity index (χ1v) is 6.48. The number of nitrogens with zero attached hydrogens (tertiary/aromatic N) is 1. The van der Waals surface area contributed by atoms with Gasteiger partial charge in [0.25, 0.3) is 0 Å². The van der Waals surface area contributed by atoms with Crippen molar-refractivity contribution in [3.8, 4) is 0 Å². The molecule has 5 heteroatoms. The topological polar surface area (TPSA) is 41.0 Å². The fraction of sp³-hybridized carbons (Fsp3) is 0.364. The summed E-state index contributed by atoms with van der Waals surface area (Å²) in [5, 5.41) is 13.4. The molecule has 86 valence electrons. The number of H-pyrrole nitrogens is 1. The highest BCUT2D eigenvalue weighted by molar-refractivity contribution is 7.71. The van der Waals surface area contributed by atoms with Crippen LogP contribution in [0.25, 0.3) is 0 Å². The van der Waals surface area contributed by atoms with Gasteiger partial charge in [-0.05, 0) is 48.0 Å². The van der Waals surface area contributed by atoms with Crippen LogP contribution in [-0.4, -0.2) is 14.7 Å². The van der Waals surface area contributed by atoms with Crippen molar-refractivity contribution < 1.29 is 5.11 Å². The minimum atomic E-state index is 0.0150. The molecule has 2 aromatic rings. The molecule has 0 aromatic carbocycles. The number of rotatable bonds is 4. The van der Waals surface area contributed by atoms with Crippen molar-refractivity contribution in [3.05, 3.63) is 39.1 Å². The number of aromatic amines is 1. The summed E-state index contributed by atoms with van der Waals surface area (Å²) < 4.78 is 2.65. The van der Waals surface area contributed by atoms with E-state index >= 15 is 0 Å². The molecule has 2 rings (SSSR count). The van der Waals surface area contributed by atoms with E-state index in [9.17, 15) is 5.11 Å². The van der Waals surface area contributed by atoms with Gasteiger partial charge in [0.1, 0.15) is 0 Å². The van der Waals surface area contributed by atoms with Crippen LogP contribution in [0.3, 0.4) is 0 Å². The highest BCUT2D eigenvalue weighted by Gasteiger charge is 2.11. The van der Waals surface area contributed by atoms with Gasteiger partial charge in [0.2, 0.25) is 0 Å². The van der Waals surface area contributed by atoms with Crippen LogP contribution in [0.1, 0.15) is 24.2 Å². The standard InChI is InChI=1S/C11H14N2OS2/c1-8(4-9-2-3-16-7-9)13-10(6-14)5-12-11(13)15/h2-3,5,7-8,14H,4,6H2,1H3,(H,12,15). The lowest BCUT2D eigenvalue weighted by Crippen LogP contribution is -2.11. The number of aromatic nitrogens is 2. The second-order valence-corrected chi connectivity index (χ2v) is 4.96. The molecule has 16 heavy (non-hydrogen) atoms. The predicted molar refractivity (Wildman–Crippen MR) is 68.3 cm³/mol. The first kappa shape index (κ1) is 11.6. The number of hydrogen-bond donors (Lipinski definition) is 2. The van der Waals surface area contributed by atoms with Crippen LogP contribution >= 0.6 is 23.6 Å². The monoisotopic (exact) mass is 254 g/mol. The van der Waals surface area contributed by atoms with E-state index in [1.807, 2.05) is 4.57 Å². The quantitative estimate of drug-likeness (QED) is 0.824. The third-order valence-electron chi connectivity index (χ3n) is 2.60. The Kier molecular flexibility index (Phi) is 3.58. The van der Waals surface area contributed by atoms with Gasteiger partial charge < -0.3 is 14.7 Å². The molecule has 2 N–H and O–H groups in total. The Bertz CT molecular complexity index is 498. The Labute approximate surface area is 103 Å². The van der Waals surface area contributed by atoms with Gasteiger partial charge in [-0.15, -0.1) is 0 Å². The van der Waals surface area contributed by atoms with Crippen molar-refractivity contribution in [2.24, 2.45) is 0 Å². The molecule has 0 aliphatic rings. The molecule has 0 aliphatic heterocycles. The summed E-state index contributed by atoms with van der Waals surface area (Å²) in [6.45, 7) is 2.13. The second-order valence-electron chi connectivity index (χ2n) is 3.80. The van der Waals surface area contributed by atoms with Gasteiger partial charge in [-0.25, -0.2) is 0 Å². The number of thiophene rings is 1. The number of hydrogen-bond acceptors (Lipinski definition) is 3. The fourth-order valence-electron chi connectivity index (χ4n) is 1.86. The minimum Gasteiger partial charge on any atom is -0.390 e. The van der Waals surface area contributed by atoms with Crippen molar-refractivity contribution in [3.63, 3.8) is 0 Å². The molecule has 0 amide bonds. The molecular weight excluding hydrogens is 240 g/mol. The van der Waals surface area contributed by atoms with Crippen LogP contribution in [0.5, 0.6) is 0 Å². The van der Waals surface area contributed by atoms with Gasteiger partial charge in [-0.1, -0.05) is 0 Å². The normalized spacial score (nSPS) is 12.9. The summed E-state index contributed by atoms with van der Waals surface area (Å²) >= 11 is 6.91. The highest BCUT2D eigenvalue weighted by Crippen LogP contribution is 2.18. The third-order valence-corrected chi connectivity index (χ3v) is 3.65. The molecule has 0 aliphatic carbocycles. The number of aliphatic hydroxyl groups is 1. The van der Waals surface area contributed by atoms with Crippen LogP contribution in [0.2, 0.25) is 0 Å². The lowest BCUT2D eigenvalue weighted by atomic mass is 10.1. The first-order valence-electron chi connectivity index (χ1n) is 5.13. The van der Waals surface area contributed by atoms with E-state index in [4.69, 9.17) is 12.2 Å². The van der Waals surface area contributed by atoms with Crippen LogP contribution in [-0.2, 0) is 13.0 Å². The molecule has 0 radical (unpaired) electrons. The first-order chi connectivity index (χ1) is 7.72. The Morgan fingerprint density at radius 1 is 1.62 bits per heavy atom. The average molecular weight is 254 g/mol. The Balaban J connectivity index is 2.23. The number of imidazole rings is 1. The third kappa shape index (κ3) is 2.26. The van der Waals surface area contributed by atoms with Crippen molar-refractivity contribution >= 4 is 23.6 Å². The lowest BCUT2D eigenvalue weighted by Gasteiger charge is -2.15. The van der Waals surface area contributed by atoms with Crippen molar-refractivity contribution in [1.29, 1.82) is 0 Å². The van der Waals surface area contributed by atoms with Gasteiger partial charge in [0.05, 0.1) is 12.3 Å². The largest absolute Gasteiger partial charge is 0.390 e. The van der Waals surface area contributed by atoms with E-state index in [-0.39, 0.29) is 12.6 Å². The Hall–Kier alpha value is -0.910. The molecule has 2 aromatic heterocycles. The highest BCUT2D eigenvalue weighted by atomic mass is 32.1. The molecule has 1 atom stereocenters. The van der Waals surface area contributed by atoms with E-state index in [0.29, 0.717) is 4.77 Å². The van der Waals surface area contributed by atoms with Gasteiger partial charge in [0.15, 0.2) is 4.77 Å². The molecule has 2 heterocycles. The predicted octanol–water partition coefficient (Wildman–Crippen LogP) is 2.90. The summed E-state index contributed by atoms with van der Waals surface area (Å²) in [4.78, 5) is 2.97. The smallest absolute Gasteiger partial charge is 0.177 e. The van der Waals surface area contributed by atoms with Crippen LogP contribution in [0.4, 0.5) is 0 Å². The summed E-state index contributed by atoms with van der Waals surface area (Å²) in [5.41, 5.74) is 2.15. The maximum atomic E-state index is 9.22. The molecular formula is C11H14N2OS2. The zero-order chi connectivity index (χ0) is 11.5. The van der Waals surface area contributed by atoms with Crippen LogP contribution in [0, 0.1) is 4.77 Å². The van der Waals surface area contributed by atoms with E-state index in [2.05, 4.69) is 28.7 Å². The number of aliphatic hydroxyl groups excluding tert-OH is 1. The van der Waals surface area contributed by atoms with E-state index < -0.39 is 0 Å². The molecule has 1 unspecified atom stereocenters. The van der Waals surface area contributed by atoms with Gasteiger partial charge >= 0.3 is 0 Å². The minimum absolute atomic E-state index is 0.0150. The van der Waals surface area contributed by atoms with E-state index in [0.717, 1.165) is 12.1 Å². The van der Waals surface area contributed by atoms with Gasteiger partial charge in [-0.2, -0.15) is 11.3 Å². The Morgan fingerprint density at radius 2 is 2.44 bits per heavy atom. The van der Waals surface area contributed by atoms with Gasteiger partial charge in [-0.3, -0.25) is 0 Å². The number of nitrogens with one attached hydrogen (secondary N) is 1. The summed E-state index contributed by atoms with van der Waals surface area (Å²) in [7, 11) is 0. The summed E-state index contributed by atoms with van der Waals surface area (Å²) in [5.74, 6) is 0. The zero-order valence-corrected chi connectivity index (χ0v) is 10.6. The van der Waals surface area contributed by atoms with Crippen molar-refractivity contribution in [2.75, 3.05) is 0 Å². The molecule has 3 nitrogen and oxygen atoms in total. The zero-order valence-electron chi connectivity index (χ0n) is 9.01.